The maximum Gasteiger partial charge on any atom is 0.231 e. The summed E-state index contributed by atoms with van der Waals surface area (Å²) in [5.41, 5.74) is 26.2. The van der Waals surface area contributed by atoms with Crippen molar-refractivity contribution < 1.29 is 4.42 Å². The fraction of sp³-hybridized carbons (Fsp3) is 0.0545. The van der Waals surface area contributed by atoms with Gasteiger partial charge in [-0.3, -0.25) is 9.55 Å². The Morgan fingerprint density at radius 2 is 0.840 bits per heavy atom. The van der Waals surface area contributed by atoms with E-state index >= 15 is 0 Å². The Bertz CT molecular complexity index is 8130. The van der Waals surface area contributed by atoms with E-state index in [2.05, 4.69) is 358 Å². The highest BCUT2D eigenvalue weighted by Crippen LogP contribution is 2.56. The first-order valence-corrected chi connectivity index (χ1v) is 40.8. The van der Waals surface area contributed by atoms with Crippen LogP contribution >= 0.6 is 0 Å². The third kappa shape index (κ3) is 10.5. The van der Waals surface area contributed by atoms with Gasteiger partial charge in [0.15, 0.2) is 11.6 Å². The third-order valence-electron chi connectivity index (χ3n) is 25.4. The third-order valence-corrected chi connectivity index (χ3v) is 25.4. The number of benzene rings is 16. The predicted octanol–water partition coefficient (Wildman–Crippen LogP) is 28.2. The van der Waals surface area contributed by atoms with Crippen molar-refractivity contribution in [3.63, 3.8) is 0 Å². The molecular weight excluding hydrogens is 1450 g/mol. The summed E-state index contributed by atoms with van der Waals surface area (Å²) in [4.78, 5) is 31.8. The van der Waals surface area contributed by atoms with Crippen molar-refractivity contribution in [1.82, 2.24) is 39.0 Å². The smallest absolute Gasteiger partial charge is 0.231 e. The predicted molar refractivity (Wildman–Crippen MR) is 491 cm³/mol. The number of para-hydroxylation sites is 1. The summed E-state index contributed by atoms with van der Waals surface area (Å²) in [5, 5.41) is 18.7. The molecule has 0 unspecified atom stereocenters. The van der Waals surface area contributed by atoms with Crippen LogP contribution < -0.4 is 0 Å². The molecule has 25 rings (SSSR count). The van der Waals surface area contributed by atoms with Crippen LogP contribution in [0.25, 0.3) is 221 Å². The van der Waals surface area contributed by atoms with Crippen molar-refractivity contribution in [2.24, 2.45) is 0 Å². The van der Waals surface area contributed by atoms with E-state index in [9.17, 15) is 0 Å². The average Bonchev–Trinajstić information content (AvgIpc) is 1.49. The lowest BCUT2D eigenvalue weighted by Crippen LogP contribution is -2.18. The van der Waals surface area contributed by atoms with Gasteiger partial charge < -0.3 is 8.98 Å². The minimum atomic E-state index is -0.436. The monoisotopic (exact) mass is 1520 g/mol. The van der Waals surface area contributed by atoms with Gasteiger partial charge in [0.2, 0.25) is 5.71 Å². The first-order chi connectivity index (χ1) is 58.5. The van der Waals surface area contributed by atoms with Gasteiger partial charge in [0.25, 0.3) is 0 Å². The van der Waals surface area contributed by atoms with Crippen LogP contribution in [0.1, 0.15) is 50.1 Å². The van der Waals surface area contributed by atoms with Gasteiger partial charge in [-0.25, -0.2) is 19.9 Å². The minimum absolute atomic E-state index is 0.140. The standard InChI is InChI=1S/C60H40N4.C50H32N4O/c1-60(2)51-36-47(38-19-7-4-8-20-38)46(37-17-5-3-6-18-37)35-50(51)56-57(52-28-13-14-30-61-52)62-59(63-58(56)60)45-27-15-26-44-43(45)25-16-29-53(44)64-54-33-41-23-11-9-21-39(41)31-48(54)49-32-40-22-10-12-24-42(40)34-55(49)64;1-50(2)40-17-9-7-15-35(40)36-22-20-32(26-41(36)50)48-52-46(45-38-16-8-10-18-43(38)55-49(45)53-48)33-21-24-44(51-28-33)54-42-27-31-13-4-3-12-30(31)25-39(42)37-23-19-29-11-5-6-14-34(29)47(37)54/h3-36H,1-2H3;3-28H,1-2H3. The summed E-state index contributed by atoms with van der Waals surface area (Å²) in [7, 11) is 0. The zero-order chi connectivity index (χ0) is 78.9. The van der Waals surface area contributed by atoms with Crippen LogP contribution in [-0.4, -0.2) is 39.0 Å². The number of hydrogen-bond donors (Lipinski definition) is 0. The molecule has 16 aromatic carbocycles. The van der Waals surface area contributed by atoms with Gasteiger partial charge in [-0.15, -0.1) is 0 Å². The summed E-state index contributed by atoms with van der Waals surface area (Å²) in [6.45, 7) is 9.21. The minimum Gasteiger partial charge on any atom is -0.438 e. The summed E-state index contributed by atoms with van der Waals surface area (Å²) < 4.78 is 11.2. The number of pyridine rings is 2. The van der Waals surface area contributed by atoms with E-state index in [1.54, 1.807) is 0 Å². The molecule has 0 radical (unpaired) electrons. The normalized spacial score (nSPS) is 13.2. The molecule has 0 N–H and O–H groups in total. The Hall–Kier alpha value is -15.3. The Morgan fingerprint density at radius 1 is 0.294 bits per heavy atom. The molecule has 0 amide bonds. The first kappa shape index (κ1) is 68.1. The van der Waals surface area contributed by atoms with E-state index in [1.165, 1.54) is 126 Å². The molecule has 23 aromatic rings. The Kier molecular flexibility index (Phi) is 14.9. The largest absolute Gasteiger partial charge is 0.438 e. The van der Waals surface area contributed by atoms with Gasteiger partial charge in [0, 0.05) is 83.2 Å². The molecule has 0 saturated carbocycles. The molecule has 558 valence electrons. The van der Waals surface area contributed by atoms with Crippen molar-refractivity contribution in [2.45, 2.75) is 38.5 Å². The molecule has 119 heavy (non-hydrogen) atoms. The van der Waals surface area contributed by atoms with E-state index in [4.69, 9.17) is 34.3 Å². The van der Waals surface area contributed by atoms with Crippen LogP contribution in [0.3, 0.4) is 0 Å². The average molecular weight is 1520 g/mol. The highest BCUT2D eigenvalue weighted by Gasteiger charge is 2.42. The number of rotatable bonds is 8. The Morgan fingerprint density at radius 3 is 1.52 bits per heavy atom. The van der Waals surface area contributed by atoms with E-state index in [1.807, 2.05) is 42.7 Å². The van der Waals surface area contributed by atoms with Crippen molar-refractivity contribution in [3.05, 3.63) is 387 Å². The molecule has 0 bridgehead atoms. The van der Waals surface area contributed by atoms with E-state index in [0.717, 1.165) is 100 Å². The summed E-state index contributed by atoms with van der Waals surface area (Å²) in [6.07, 6.45) is 3.82. The van der Waals surface area contributed by atoms with Crippen molar-refractivity contribution in [3.8, 4) is 101 Å². The van der Waals surface area contributed by atoms with E-state index in [-0.39, 0.29) is 5.41 Å². The van der Waals surface area contributed by atoms with Gasteiger partial charge in [0.05, 0.1) is 50.2 Å². The van der Waals surface area contributed by atoms with Crippen LogP contribution in [0.15, 0.2) is 369 Å². The van der Waals surface area contributed by atoms with Crippen molar-refractivity contribution in [1.29, 1.82) is 0 Å². The second kappa shape index (κ2) is 26.1. The molecule has 0 saturated heterocycles. The number of hydrogen-bond acceptors (Lipinski definition) is 7. The number of nitrogens with zero attached hydrogens (tertiary/aromatic N) is 8. The second-order valence-corrected chi connectivity index (χ2v) is 32.8. The lowest BCUT2D eigenvalue weighted by atomic mass is 9.82. The van der Waals surface area contributed by atoms with Crippen molar-refractivity contribution >= 4 is 120 Å². The molecule has 0 aliphatic heterocycles. The number of furan rings is 1. The topological polar surface area (TPSA) is 100 Å². The number of fused-ring (bicyclic) bond motifs is 21. The van der Waals surface area contributed by atoms with Gasteiger partial charge in [-0.1, -0.05) is 289 Å². The second-order valence-electron chi connectivity index (χ2n) is 32.8. The van der Waals surface area contributed by atoms with E-state index in [0.29, 0.717) is 17.4 Å². The van der Waals surface area contributed by atoms with Crippen LogP contribution in [0.5, 0.6) is 0 Å². The highest BCUT2D eigenvalue weighted by molar-refractivity contribution is 6.22. The lowest BCUT2D eigenvalue weighted by molar-refractivity contribution is 0.636. The fourth-order valence-corrected chi connectivity index (χ4v) is 19.6. The molecule has 0 fully saturated rings. The zero-order valence-corrected chi connectivity index (χ0v) is 65.6. The lowest BCUT2D eigenvalue weighted by Gasteiger charge is -2.23. The van der Waals surface area contributed by atoms with Crippen molar-refractivity contribution in [2.75, 3.05) is 0 Å². The van der Waals surface area contributed by atoms with Gasteiger partial charge >= 0.3 is 0 Å². The molecule has 9 heteroatoms. The maximum absolute atomic E-state index is 6.44. The maximum atomic E-state index is 6.44. The molecule has 9 nitrogen and oxygen atoms in total. The Labute approximate surface area is 685 Å². The Balaban J connectivity index is 0.000000137. The zero-order valence-electron chi connectivity index (χ0n) is 65.6. The fourth-order valence-electron chi connectivity index (χ4n) is 19.6. The summed E-state index contributed by atoms with van der Waals surface area (Å²) in [5.74, 6) is 2.16. The highest BCUT2D eigenvalue weighted by atomic mass is 16.3. The van der Waals surface area contributed by atoms with Crippen LogP contribution in [0.2, 0.25) is 0 Å². The quantitative estimate of drug-likeness (QED) is 0.149. The molecule has 0 spiro atoms. The molecule has 2 aliphatic carbocycles. The van der Waals surface area contributed by atoms with Gasteiger partial charge in [0.1, 0.15) is 17.1 Å². The molecule has 0 atom stereocenters. The van der Waals surface area contributed by atoms with Crippen LogP contribution in [0.4, 0.5) is 0 Å². The number of aromatic nitrogens is 8. The van der Waals surface area contributed by atoms with E-state index < -0.39 is 5.41 Å². The molecule has 2 aliphatic rings. The SMILES string of the molecule is CC1(C)c2cc(-c3ccccc3)c(-c3ccccc3)cc2-c2c(-c3ccccn3)nc(-c3cccc4c(-n5c6cc7ccccc7cc6c6cc7ccccc7cc65)cccc34)nc21.CC1(C)c2ccccc2-c2ccc(-c3nc(-c4ccc(-n5c6cc7ccccc7cc6c6ccc7ccccc7c65)nc4)c4c(n3)oc3ccccc34)cc21. The molecule has 7 aromatic heterocycles. The first-order valence-electron chi connectivity index (χ1n) is 40.8. The van der Waals surface area contributed by atoms with Crippen LogP contribution in [0, 0.1) is 0 Å². The van der Waals surface area contributed by atoms with Crippen LogP contribution in [-0.2, 0) is 10.8 Å². The van der Waals surface area contributed by atoms with Gasteiger partial charge in [-0.05, 0) is 190 Å². The van der Waals surface area contributed by atoms with Gasteiger partial charge in [-0.2, -0.15) is 4.98 Å². The molecule has 7 heterocycles. The summed E-state index contributed by atoms with van der Waals surface area (Å²) >= 11 is 0. The molecular formula is C110H72N8O. The summed E-state index contributed by atoms with van der Waals surface area (Å²) in [6, 6.07) is 126.